The van der Waals surface area contributed by atoms with E-state index in [9.17, 15) is 9.18 Å². The molecule has 0 radical (unpaired) electrons. The van der Waals surface area contributed by atoms with Crippen molar-refractivity contribution >= 4 is 11.7 Å². The van der Waals surface area contributed by atoms with Gasteiger partial charge in [-0.05, 0) is 32.0 Å². The van der Waals surface area contributed by atoms with Crippen molar-refractivity contribution in [3.05, 3.63) is 77.7 Å². The van der Waals surface area contributed by atoms with Crippen LogP contribution in [0, 0.1) is 12.7 Å². The third kappa shape index (κ3) is 4.15. The molecule has 3 rings (SSSR count). The highest BCUT2D eigenvalue weighted by molar-refractivity contribution is 5.91. The third-order valence-electron chi connectivity index (χ3n) is 4.04. The lowest BCUT2D eigenvalue weighted by atomic mass is 10.1. The Morgan fingerprint density at radius 2 is 1.85 bits per heavy atom. The van der Waals surface area contributed by atoms with Crippen LogP contribution in [-0.4, -0.2) is 22.2 Å². The number of amides is 1. The predicted octanol–water partition coefficient (Wildman–Crippen LogP) is 3.61. The SMILES string of the molecule is Cc1cc(NC(=O)CNC(C)c2ccccc2F)n(-c2ccccc2)n1. The number of para-hydroxylation sites is 1. The van der Waals surface area contributed by atoms with Crippen molar-refractivity contribution < 1.29 is 9.18 Å². The van der Waals surface area contributed by atoms with Crippen molar-refractivity contribution in [1.29, 1.82) is 0 Å². The minimum absolute atomic E-state index is 0.0640. The molecule has 6 heteroatoms. The number of hydrogen-bond donors (Lipinski definition) is 2. The topological polar surface area (TPSA) is 59.0 Å². The van der Waals surface area contributed by atoms with Crippen molar-refractivity contribution in [3.63, 3.8) is 0 Å². The van der Waals surface area contributed by atoms with Gasteiger partial charge in [-0.25, -0.2) is 9.07 Å². The van der Waals surface area contributed by atoms with E-state index in [2.05, 4.69) is 15.7 Å². The molecule has 1 amide bonds. The van der Waals surface area contributed by atoms with Crippen molar-refractivity contribution in [1.82, 2.24) is 15.1 Å². The zero-order valence-corrected chi connectivity index (χ0v) is 14.7. The lowest BCUT2D eigenvalue weighted by molar-refractivity contribution is -0.115. The Labute approximate surface area is 151 Å². The molecular weight excluding hydrogens is 331 g/mol. The first-order valence-electron chi connectivity index (χ1n) is 8.44. The molecule has 0 fully saturated rings. The van der Waals surface area contributed by atoms with Crippen LogP contribution < -0.4 is 10.6 Å². The number of nitrogens with one attached hydrogen (secondary N) is 2. The van der Waals surface area contributed by atoms with Crippen molar-refractivity contribution in [2.45, 2.75) is 19.9 Å². The fraction of sp³-hybridized carbons (Fsp3) is 0.200. The predicted molar refractivity (Wildman–Crippen MR) is 99.7 cm³/mol. The van der Waals surface area contributed by atoms with E-state index in [-0.39, 0.29) is 24.3 Å². The van der Waals surface area contributed by atoms with Crippen LogP contribution in [-0.2, 0) is 4.79 Å². The average Bonchev–Trinajstić information content (AvgIpc) is 3.01. The molecule has 2 aromatic carbocycles. The lowest BCUT2D eigenvalue weighted by Crippen LogP contribution is -2.31. The summed E-state index contributed by atoms with van der Waals surface area (Å²) in [5, 5.41) is 10.3. The molecule has 134 valence electrons. The molecule has 0 aliphatic heterocycles. The van der Waals surface area contributed by atoms with E-state index in [1.54, 1.807) is 22.9 Å². The van der Waals surface area contributed by atoms with Gasteiger partial charge in [0.1, 0.15) is 11.6 Å². The molecule has 0 aliphatic carbocycles. The smallest absolute Gasteiger partial charge is 0.239 e. The molecule has 0 saturated carbocycles. The Hall–Kier alpha value is -2.99. The van der Waals surface area contributed by atoms with E-state index >= 15 is 0 Å². The van der Waals surface area contributed by atoms with E-state index in [1.807, 2.05) is 50.2 Å². The second-order valence-electron chi connectivity index (χ2n) is 6.09. The monoisotopic (exact) mass is 352 g/mol. The zero-order chi connectivity index (χ0) is 18.5. The second-order valence-corrected chi connectivity index (χ2v) is 6.09. The summed E-state index contributed by atoms with van der Waals surface area (Å²) < 4.78 is 15.5. The van der Waals surface area contributed by atoms with Crippen LogP contribution in [0.4, 0.5) is 10.2 Å². The van der Waals surface area contributed by atoms with Crippen molar-refractivity contribution in [3.8, 4) is 5.69 Å². The van der Waals surface area contributed by atoms with Crippen LogP contribution in [0.3, 0.4) is 0 Å². The van der Waals surface area contributed by atoms with Gasteiger partial charge in [-0.3, -0.25) is 4.79 Å². The minimum Gasteiger partial charge on any atom is -0.309 e. The molecule has 0 spiro atoms. The molecule has 1 aromatic heterocycles. The Bertz CT molecular complexity index is 892. The van der Waals surface area contributed by atoms with Gasteiger partial charge in [-0.2, -0.15) is 5.10 Å². The number of halogens is 1. The molecule has 0 aliphatic rings. The number of aromatic nitrogens is 2. The number of anilines is 1. The maximum Gasteiger partial charge on any atom is 0.239 e. The Kier molecular flexibility index (Phi) is 5.43. The van der Waals surface area contributed by atoms with Crippen molar-refractivity contribution in [2.75, 3.05) is 11.9 Å². The molecule has 0 bridgehead atoms. The van der Waals surface area contributed by atoms with E-state index in [0.29, 0.717) is 11.4 Å². The van der Waals surface area contributed by atoms with Gasteiger partial charge in [0.15, 0.2) is 0 Å². The molecular formula is C20H21FN4O. The van der Waals surface area contributed by atoms with Gasteiger partial charge in [0.25, 0.3) is 0 Å². The van der Waals surface area contributed by atoms with Gasteiger partial charge < -0.3 is 10.6 Å². The first kappa shape index (κ1) is 17.8. The molecule has 3 aromatic rings. The van der Waals surface area contributed by atoms with Gasteiger partial charge >= 0.3 is 0 Å². The van der Waals surface area contributed by atoms with Crippen LogP contribution >= 0.6 is 0 Å². The van der Waals surface area contributed by atoms with Gasteiger partial charge in [-0.1, -0.05) is 36.4 Å². The summed E-state index contributed by atoms with van der Waals surface area (Å²) in [5.74, 6) is 0.0926. The van der Waals surface area contributed by atoms with Gasteiger partial charge in [0.05, 0.1) is 17.9 Å². The van der Waals surface area contributed by atoms with Crippen LogP contribution in [0.2, 0.25) is 0 Å². The molecule has 26 heavy (non-hydrogen) atoms. The first-order valence-corrected chi connectivity index (χ1v) is 8.44. The molecule has 1 atom stereocenters. The van der Waals surface area contributed by atoms with Gasteiger partial charge in [0, 0.05) is 17.7 Å². The summed E-state index contributed by atoms with van der Waals surface area (Å²) in [6, 6.07) is 17.7. The van der Waals surface area contributed by atoms with Crippen LogP contribution in [0.15, 0.2) is 60.7 Å². The third-order valence-corrected chi connectivity index (χ3v) is 4.04. The minimum atomic E-state index is -0.286. The summed E-state index contributed by atoms with van der Waals surface area (Å²) in [7, 11) is 0. The van der Waals surface area contributed by atoms with Crippen molar-refractivity contribution in [2.24, 2.45) is 0 Å². The lowest BCUT2D eigenvalue weighted by Gasteiger charge is -2.15. The van der Waals surface area contributed by atoms with Crippen LogP contribution in [0.5, 0.6) is 0 Å². The summed E-state index contributed by atoms with van der Waals surface area (Å²) in [4.78, 5) is 12.3. The standard InChI is InChI=1S/C20H21FN4O/c1-14-12-19(25(24-14)16-8-4-3-5-9-16)23-20(26)13-22-15(2)17-10-6-7-11-18(17)21/h3-12,15,22H,13H2,1-2H3,(H,23,26). The maximum atomic E-state index is 13.8. The Morgan fingerprint density at radius 3 is 2.58 bits per heavy atom. The summed E-state index contributed by atoms with van der Waals surface area (Å²) in [5.41, 5.74) is 2.20. The quantitative estimate of drug-likeness (QED) is 0.712. The average molecular weight is 352 g/mol. The van der Waals surface area contributed by atoms with E-state index in [1.165, 1.54) is 6.07 Å². The summed E-state index contributed by atoms with van der Waals surface area (Å²) in [6.45, 7) is 3.76. The van der Waals surface area contributed by atoms with E-state index in [4.69, 9.17) is 0 Å². The zero-order valence-electron chi connectivity index (χ0n) is 14.7. The van der Waals surface area contributed by atoms with Crippen LogP contribution in [0.1, 0.15) is 24.2 Å². The Balaban J connectivity index is 1.65. The summed E-state index contributed by atoms with van der Waals surface area (Å²) >= 11 is 0. The van der Waals surface area contributed by atoms with Gasteiger partial charge in [-0.15, -0.1) is 0 Å². The second kappa shape index (κ2) is 7.93. The maximum absolute atomic E-state index is 13.8. The fourth-order valence-corrected chi connectivity index (χ4v) is 2.72. The number of aryl methyl sites for hydroxylation is 1. The number of carbonyl (C=O) groups excluding carboxylic acids is 1. The van der Waals surface area contributed by atoms with E-state index in [0.717, 1.165) is 11.4 Å². The normalized spacial score (nSPS) is 12.0. The molecule has 1 heterocycles. The molecule has 1 unspecified atom stereocenters. The van der Waals surface area contributed by atoms with E-state index < -0.39 is 0 Å². The molecule has 5 nitrogen and oxygen atoms in total. The number of rotatable bonds is 6. The number of hydrogen-bond acceptors (Lipinski definition) is 3. The number of benzene rings is 2. The fourth-order valence-electron chi connectivity index (χ4n) is 2.72. The molecule has 2 N–H and O–H groups in total. The highest BCUT2D eigenvalue weighted by Gasteiger charge is 2.14. The van der Waals surface area contributed by atoms with Crippen LogP contribution in [0.25, 0.3) is 5.69 Å². The highest BCUT2D eigenvalue weighted by atomic mass is 19.1. The summed E-state index contributed by atoms with van der Waals surface area (Å²) in [6.07, 6.45) is 0. The van der Waals surface area contributed by atoms with Gasteiger partial charge in [0.2, 0.25) is 5.91 Å². The highest BCUT2D eigenvalue weighted by Crippen LogP contribution is 2.18. The Morgan fingerprint density at radius 1 is 1.15 bits per heavy atom. The largest absolute Gasteiger partial charge is 0.309 e. The first-order chi connectivity index (χ1) is 12.5. The number of nitrogens with zero attached hydrogens (tertiary/aromatic N) is 2. The number of carbonyl (C=O) groups is 1. The molecule has 0 saturated heterocycles.